The Hall–Kier alpha value is -1.06. The van der Waals surface area contributed by atoms with Crippen molar-refractivity contribution in [2.24, 2.45) is 23.2 Å². The molecule has 108 valence electrons. The highest BCUT2D eigenvalue weighted by Crippen LogP contribution is 2.58. The molecular formula is C15H25NO3. The first-order valence-electron chi connectivity index (χ1n) is 7.39. The zero-order valence-corrected chi connectivity index (χ0v) is 12.1. The second kappa shape index (κ2) is 5.14. The van der Waals surface area contributed by atoms with Crippen LogP contribution < -0.4 is 5.32 Å². The van der Waals surface area contributed by atoms with E-state index in [1.54, 1.807) is 0 Å². The lowest BCUT2D eigenvalue weighted by atomic mass is 9.84. The lowest BCUT2D eigenvalue weighted by Crippen LogP contribution is -2.40. The summed E-state index contributed by atoms with van der Waals surface area (Å²) in [7, 11) is 0. The fourth-order valence-corrected chi connectivity index (χ4v) is 3.65. The number of carboxylic acids is 1. The van der Waals surface area contributed by atoms with E-state index < -0.39 is 17.3 Å². The van der Waals surface area contributed by atoms with Crippen molar-refractivity contribution < 1.29 is 14.7 Å². The minimum atomic E-state index is -0.851. The van der Waals surface area contributed by atoms with Gasteiger partial charge in [0.1, 0.15) is 0 Å². The first-order chi connectivity index (χ1) is 8.85. The van der Waals surface area contributed by atoms with Crippen LogP contribution in [0.5, 0.6) is 0 Å². The van der Waals surface area contributed by atoms with Gasteiger partial charge in [-0.2, -0.15) is 0 Å². The molecule has 0 bridgehead atoms. The summed E-state index contributed by atoms with van der Waals surface area (Å²) in [6, 6.07) is 0.165. The van der Waals surface area contributed by atoms with Gasteiger partial charge in [0.25, 0.3) is 0 Å². The molecule has 0 heterocycles. The lowest BCUT2D eigenvalue weighted by molar-refractivity contribution is -0.140. The third kappa shape index (κ3) is 2.77. The number of carbonyl (C=O) groups excluding carboxylic acids is 1. The van der Waals surface area contributed by atoms with Crippen LogP contribution in [-0.2, 0) is 9.59 Å². The van der Waals surface area contributed by atoms with Crippen LogP contribution in [-0.4, -0.2) is 23.0 Å². The average molecular weight is 267 g/mol. The van der Waals surface area contributed by atoms with E-state index in [2.05, 4.69) is 12.2 Å². The fraction of sp³-hybridized carbons (Fsp3) is 0.867. The van der Waals surface area contributed by atoms with Crippen LogP contribution >= 0.6 is 0 Å². The molecule has 2 saturated carbocycles. The molecule has 2 rings (SSSR count). The predicted octanol–water partition coefficient (Wildman–Crippen LogP) is 2.43. The molecule has 19 heavy (non-hydrogen) atoms. The fourth-order valence-electron chi connectivity index (χ4n) is 3.65. The molecule has 1 amide bonds. The van der Waals surface area contributed by atoms with E-state index in [9.17, 15) is 9.59 Å². The van der Waals surface area contributed by atoms with E-state index in [0.717, 1.165) is 0 Å². The highest BCUT2D eigenvalue weighted by Gasteiger charge is 2.65. The van der Waals surface area contributed by atoms with Gasteiger partial charge in [-0.25, -0.2) is 0 Å². The molecule has 0 saturated heterocycles. The van der Waals surface area contributed by atoms with Crippen molar-refractivity contribution >= 4 is 11.9 Å². The predicted molar refractivity (Wildman–Crippen MR) is 72.6 cm³/mol. The molecule has 3 atom stereocenters. The zero-order valence-electron chi connectivity index (χ0n) is 12.1. The minimum absolute atomic E-state index is 0.0736. The normalized spacial score (nSPS) is 31.5. The van der Waals surface area contributed by atoms with Crippen LogP contribution in [0, 0.1) is 23.2 Å². The molecule has 4 heteroatoms. The van der Waals surface area contributed by atoms with Gasteiger partial charge in [-0.15, -0.1) is 0 Å². The maximum Gasteiger partial charge on any atom is 0.307 e. The van der Waals surface area contributed by atoms with Crippen molar-refractivity contribution in [2.45, 2.75) is 58.9 Å². The Morgan fingerprint density at radius 3 is 2.21 bits per heavy atom. The van der Waals surface area contributed by atoms with Gasteiger partial charge < -0.3 is 10.4 Å². The zero-order chi connectivity index (χ0) is 14.2. The number of hydrogen-bond acceptors (Lipinski definition) is 2. The molecule has 0 aromatic carbocycles. The number of hydrogen-bond donors (Lipinski definition) is 2. The molecule has 4 nitrogen and oxygen atoms in total. The highest BCUT2D eigenvalue weighted by molar-refractivity contribution is 5.91. The Bertz CT molecular complexity index is 372. The van der Waals surface area contributed by atoms with Crippen molar-refractivity contribution in [3.8, 4) is 0 Å². The topological polar surface area (TPSA) is 66.4 Å². The van der Waals surface area contributed by atoms with Crippen LogP contribution in [0.1, 0.15) is 52.9 Å². The maximum absolute atomic E-state index is 12.2. The SMILES string of the molecule is C[C@@H](NC(=O)C1C(C(=O)O)C1(C)C)C1CCCCC1. The highest BCUT2D eigenvalue weighted by atomic mass is 16.4. The Morgan fingerprint density at radius 2 is 1.74 bits per heavy atom. The summed E-state index contributed by atoms with van der Waals surface area (Å²) in [6.45, 7) is 5.78. The van der Waals surface area contributed by atoms with E-state index in [-0.39, 0.29) is 17.9 Å². The Morgan fingerprint density at radius 1 is 1.16 bits per heavy atom. The van der Waals surface area contributed by atoms with Gasteiger partial charge in [-0.05, 0) is 31.1 Å². The second-order valence-corrected chi connectivity index (χ2v) is 6.81. The molecule has 0 spiro atoms. The van der Waals surface area contributed by atoms with Gasteiger partial charge >= 0.3 is 5.97 Å². The van der Waals surface area contributed by atoms with Crippen molar-refractivity contribution in [3.05, 3.63) is 0 Å². The van der Waals surface area contributed by atoms with Crippen LogP contribution in [0.4, 0.5) is 0 Å². The summed E-state index contributed by atoms with van der Waals surface area (Å²) >= 11 is 0. The third-order valence-electron chi connectivity index (χ3n) is 5.10. The molecular weight excluding hydrogens is 242 g/mol. The van der Waals surface area contributed by atoms with Crippen molar-refractivity contribution in [1.82, 2.24) is 5.32 Å². The smallest absolute Gasteiger partial charge is 0.307 e. The molecule has 0 aromatic rings. The molecule has 2 fully saturated rings. The van der Waals surface area contributed by atoms with Gasteiger partial charge in [0.15, 0.2) is 0 Å². The molecule has 2 N–H and O–H groups in total. The quantitative estimate of drug-likeness (QED) is 0.822. The van der Waals surface area contributed by atoms with Crippen molar-refractivity contribution in [1.29, 1.82) is 0 Å². The third-order valence-corrected chi connectivity index (χ3v) is 5.10. The summed E-state index contributed by atoms with van der Waals surface area (Å²) in [5.41, 5.74) is -0.401. The molecule has 2 aliphatic rings. The standard InChI is InChI=1S/C15H25NO3/c1-9(10-7-5-4-6-8-10)16-13(17)11-12(14(18)19)15(11,2)3/h9-12H,4-8H2,1-3H3,(H,16,17)(H,18,19)/t9-,11?,12?/m1/s1. The summed E-state index contributed by atoms with van der Waals surface area (Å²) in [5, 5.41) is 12.2. The minimum Gasteiger partial charge on any atom is -0.481 e. The molecule has 0 aliphatic heterocycles. The van der Waals surface area contributed by atoms with Crippen molar-refractivity contribution in [2.75, 3.05) is 0 Å². The monoisotopic (exact) mass is 267 g/mol. The molecule has 0 aromatic heterocycles. The second-order valence-electron chi connectivity index (χ2n) is 6.81. The van der Waals surface area contributed by atoms with Gasteiger partial charge in [0.05, 0.1) is 11.8 Å². The maximum atomic E-state index is 12.2. The van der Waals surface area contributed by atoms with Crippen molar-refractivity contribution in [3.63, 3.8) is 0 Å². The van der Waals surface area contributed by atoms with Gasteiger partial charge in [0, 0.05) is 6.04 Å². The summed E-state index contributed by atoms with van der Waals surface area (Å²) < 4.78 is 0. The number of rotatable bonds is 4. The summed E-state index contributed by atoms with van der Waals surface area (Å²) in [4.78, 5) is 23.3. The number of nitrogens with one attached hydrogen (secondary N) is 1. The summed E-state index contributed by atoms with van der Waals surface area (Å²) in [5.74, 6) is -1.25. The molecule has 2 aliphatic carbocycles. The van der Waals surface area contributed by atoms with E-state index in [1.807, 2.05) is 13.8 Å². The number of carboxylic acid groups (broad SMARTS) is 1. The van der Waals surface area contributed by atoms with Gasteiger partial charge in [0.2, 0.25) is 5.91 Å². The number of aliphatic carboxylic acids is 1. The first-order valence-corrected chi connectivity index (χ1v) is 7.39. The first kappa shape index (κ1) is 14.4. The average Bonchev–Trinajstić information content (AvgIpc) is 2.93. The summed E-state index contributed by atoms with van der Waals surface area (Å²) in [6.07, 6.45) is 6.15. The largest absolute Gasteiger partial charge is 0.481 e. The van der Waals surface area contributed by atoms with Crippen LogP contribution in [0.15, 0.2) is 0 Å². The van der Waals surface area contributed by atoms with E-state index in [0.29, 0.717) is 5.92 Å². The lowest BCUT2D eigenvalue weighted by Gasteiger charge is -2.28. The van der Waals surface area contributed by atoms with Gasteiger partial charge in [-0.3, -0.25) is 9.59 Å². The van der Waals surface area contributed by atoms with Crippen LogP contribution in [0.3, 0.4) is 0 Å². The Balaban J connectivity index is 1.89. The van der Waals surface area contributed by atoms with E-state index in [1.165, 1.54) is 32.1 Å². The Labute approximate surface area is 115 Å². The van der Waals surface area contributed by atoms with E-state index >= 15 is 0 Å². The molecule has 2 unspecified atom stereocenters. The van der Waals surface area contributed by atoms with E-state index in [4.69, 9.17) is 5.11 Å². The Kier molecular flexibility index (Phi) is 3.88. The number of carbonyl (C=O) groups is 2. The van der Waals surface area contributed by atoms with Crippen LogP contribution in [0.25, 0.3) is 0 Å². The number of amides is 1. The molecule has 0 radical (unpaired) electrons. The van der Waals surface area contributed by atoms with Gasteiger partial charge in [-0.1, -0.05) is 33.1 Å². The van der Waals surface area contributed by atoms with Crippen LogP contribution in [0.2, 0.25) is 0 Å².